The fourth-order valence-corrected chi connectivity index (χ4v) is 2.32. The van der Waals surface area contributed by atoms with E-state index in [0.29, 0.717) is 0 Å². The highest BCUT2D eigenvalue weighted by atomic mass is 79.9. The Bertz CT molecular complexity index is 745. The smallest absolute Gasteiger partial charge is 0.0709 e. The second kappa shape index (κ2) is 5.33. The molecule has 1 aromatic heterocycles. The molecule has 0 aliphatic heterocycles. The van der Waals surface area contributed by atoms with Gasteiger partial charge in [0.25, 0.3) is 0 Å². The molecule has 0 bridgehead atoms. The normalized spacial score (nSPS) is 11.2. The van der Waals surface area contributed by atoms with Gasteiger partial charge in [0.2, 0.25) is 0 Å². The van der Waals surface area contributed by atoms with Crippen molar-refractivity contribution in [3.63, 3.8) is 0 Å². The minimum absolute atomic E-state index is 0.954. The monoisotopic (exact) mass is 310 g/mol. The van der Waals surface area contributed by atoms with Crippen LogP contribution in [-0.4, -0.2) is 11.2 Å². The highest BCUT2D eigenvalue weighted by Gasteiger charge is 1.99. The van der Waals surface area contributed by atoms with Crippen molar-refractivity contribution in [2.24, 2.45) is 4.99 Å². The molecule has 0 N–H and O–H groups in total. The molecule has 0 amide bonds. The lowest BCUT2D eigenvalue weighted by molar-refractivity contribution is 1.36. The average Bonchev–Trinajstić information content (AvgIpc) is 2.46. The van der Waals surface area contributed by atoms with Gasteiger partial charge in [-0.25, -0.2) is 0 Å². The molecule has 0 spiro atoms. The summed E-state index contributed by atoms with van der Waals surface area (Å²) in [5.74, 6) is 0. The molecule has 2 aromatic carbocycles. The van der Waals surface area contributed by atoms with E-state index in [1.807, 2.05) is 60.9 Å². The molecule has 92 valence electrons. The molecule has 0 aliphatic carbocycles. The maximum atomic E-state index is 4.58. The number of rotatable bonds is 2. The zero-order valence-corrected chi connectivity index (χ0v) is 11.7. The highest BCUT2D eigenvalue weighted by Crippen LogP contribution is 2.25. The summed E-state index contributed by atoms with van der Waals surface area (Å²) in [6, 6.07) is 16.1. The fraction of sp³-hybridized carbons (Fsp3) is 0. The van der Waals surface area contributed by atoms with Crippen LogP contribution in [0.3, 0.4) is 0 Å². The molecular weight excluding hydrogens is 300 g/mol. The number of pyridine rings is 1. The van der Waals surface area contributed by atoms with Gasteiger partial charge in [-0.2, -0.15) is 0 Å². The second-order valence-electron chi connectivity index (χ2n) is 4.15. The summed E-state index contributed by atoms with van der Waals surface area (Å²) in [6.07, 6.45) is 5.52. The Morgan fingerprint density at radius 3 is 2.79 bits per heavy atom. The molecular formula is C16H11BrN2. The van der Waals surface area contributed by atoms with Crippen molar-refractivity contribution in [1.29, 1.82) is 0 Å². The Hall–Kier alpha value is -2.00. The molecule has 0 fully saturated rings. The zero-order valence-electron chi connectivity index (χ0n) is 10.1. The molecule has 19 heavy (non-hydrogen) atoms. The highest BCUT2D eigenvalue weighted by molar-refractivity contribution is 9.10. The number of benzene rings is 2. The Labute approximate surface area is 120 Å². The summed E-state index contributed by atoms with van der Waals surface area (Å²) < 4.78 is 1.04. The van der Waals surface area contributed by atoms with E-state index >= 15 is 0 Å². The van der Waals surface area contributed by atoms with Gasteiger partial charge in [0.1, 0.15) is 0 Å². The van der Waals surface area contributed by atoms with E-state index in [2.05, 4.69) is 25.9 Å². The van der Waals surface area contributed by atoms with Gasteiger partial charge in [0, 0.05) is 39.4 Å². The van der Waals surface area contributed by atoms with Crippen LogP contribution in [0, 0.1) is 0 Å². The molecule has 3 aromatic rings. The number of hydrogen-bond donors (Lipinski definition) is 0. The van der Waals surface area contributed by atoms with E-state index in [1.165, 1.54) is 0 Å². The van der Waals surface area contributed by atoms with Crippen molar-refractivity contribution >= 4 is 38.6 Å². The van der Waals surface area contributed by atoms with Crippen LogP contribution in [0.2, 0.25) is 0 Å². The van der Waals surface area contributed by atoms with E-state index < -0.39 is 0 Å². The van der Waals surface area contributed by atoms with Crippen LogP contribution < -0.4 is 0 Å². The Morgan fingerprint density at radius 2 is 1.89 bits per heavy atom. The first-order valence-corrected chi connectivity index (χ1v) is 6.75. The summed E-state index contributed by atoms with van der Waals surface area (Å²) in [5.41, 5.74) is 2.02. The molecule has 2 nitrogen and oxygen atoms in total. The van der Waals surface area contributed by atoms with Crippen LogP contribution in [0.1, 0.15) is 5.56 Å². The number of fused-ring (bicyclic) bond motifs is 1. The average molecular weight is 311 g/mol. The molecule has 0 aliphatic rings. The molecule has 0 saturated heterocycles. The summed E-state index contributed by atoms with van der Waals surface area (Å²) in [5, 5.41) is 2.21. The number of hydrogen-bond acceptors (Lipinski definition) is 2. The van der Waals surface area contributed by atoms with Crippen LogP contribution in [0.5, 0.6) is 0 Å². The van der Waals surface area contributed by atoms with Gasteiger partial charge >= 0.3 is 0 Å². The SMILES string of the molecule is Brc1ccccc1C=Nc1cccc2cnccc12. The minimum Gasteiger partial charge on any atom is -0.264 e. The van der Waals surface area contributed by atoms with Crippen LogP contribution in [-0.2, 0) is 0 Å². The predicted octanol–water partition coefficient (Wildman–Crippen LogP) is 4.75. The summed E-state index contributed by atoms with van der Waals surface area (Å²) in [6.45, 7) is 0. The van der Waals surface area contributed by atoms with E-state index in [1.54, 1.807) is 6.20 Å². The van der Waals surface area contributed by atoms with Gasteiger partial charge in [-0.1, -0.05) is 46.3 Å². The lowest BCUT2D eigenvalue weighted by Gasteiger charge is -2.01. The van der Waals surface area contributed by atoms with Crippen molar-refractivity contribution < 1.29 is 0 Å². The largest absolute Gasteiger partial charge is 0.264 e. The van der Waals surface area contributed by atoms with Gasteiger partial charge in [0.15, 0.2) is 0 Å². The first kappa shape index (κ1) is 12.1. The van der Waals surface area contributed by atoms with Crippen LogP contribution in [0.25, 0.3) is 10.8 Å². The number of aliphatic imine (C=N–C) groups is 1. The van der Waals surface area contributed by atoms with Crippen LogP contribution in [0.4, 0.5) is 5.69 Å². The van der Waals surface area contributed by atoms with E-state index in [-0.39, 0.29) is 0 Å². The van der Waals surface area contributed by atoms with Gasteiger partial charge < -0.3 is 0 Å². The Kier molecular flexibility index (Phi) is 3.38. The number of halogens is 1. The van der Waals surface area contributed by atoms with Gasteiger partial charge in [0.05, 0.1) is 5.69 Å². The van der Waals surface area contributed by atoms with Gasteiger partial charge in [-0.05, 0) is 18.2 Å². The topological polar surface area (TPSA) is 25.2 Å². The molecule has 3 rings (SSSR count). The first-order valence-electron chi connectivity index (χ1n) is 5.96. The third-order valence-corrected chi connectivity index (χ3v) is 3.63. The van der Waals surface area contributed by atoms with Crippen LogP contribution >= 0.6 is 15.9 Å². The fourth-order valence-electron chi connectivity index (χ4n) is 1.94. The number of nitrogens with zero attached hydrogens (tertiary/aromatic N) is 2. The quantitative estimate of drug-likeness (QED) is 0.627. The van der Waals surface area contributed by atoms with Crippen LogP contribution in [0.15, 0.2) is 70.4 Å². The molecule has 0 saturated carbocycles. The molecule has 0 atom stereocenters. The zero-order chi connectivity index (χ0) is 13.1. The molecule has 3 heteroatoms. The molecule has 1 heterocycles. The Morgan fingerprint density at radius 1 is 1.00 bits per heavy atom. The Balaban J connectivity index is 2.04. The van der Waals surface area contributed by atoms with E-state index in [0.717, 1.165) is 26.5 Å². The molecule has 0 radical (unpaired) electrons. The van der Waals surface area contributed by atoms with Gasteiger partial charge in [-0.3, -0.25) is 9.98 Å². The minimum atomic E-state index is 0.954. The van der Waals surface area contributed by atoms with Crippen molar-refractivity contribution in [1.82, 2.24) is 4.98 Å². The van der Waals surface area contributed by atoms with Crippen molar-refractivity contribution in [3.8, 4) is 0 Å². The van der Waals surface area contributed by atoms with Crippen molar-refractivity contribution in [2.45, 2.75) is 0 Å². The van der Waals surface area contributed by atoms with Crippen molar-refractivity contribution in [3.05, 3.63) is 71.0 Å². The summed E-state index contributed by atoms with van der Waals surface area (Å²) in [4.78, 5) is 8.71. The third kappa shape index (κ3) is 2.56. The standard InChI is InChI=1S/C16H11BrN2/c17-15-6-2-1-4-13(15)11-19-16-7-3-5-12-10-18-9-8-14(12)16/h1-11H. The summed E-state index contributed by atoms with van der Waals surface area (Å²) in [7, 11) is 0. The molecule has 0 unspecified atom stereocenters. The lowest BCUT2D eigenvalue weighted by Crippen LogP contribution is -1.82. The van der Waals surface area contributed by atoms with E-state index in [4.69, 9.17) is 0 Å². The predicted molar refractivity (Wildman–Crippen MR) is 83.1 cm³/mol. The van der Waals surface area contributed by atoms with Gasteiger partial charge in [-0.15, -0.1) is 0 Å². The first-order chi connectivity index (χ1) is 9.34. The summed E-state index contributed by atoms with van der Waals surface area (Å²) >= 11 is 3.52. The van der Waals surface area contributed by atoms with Crippen molar-refractivity contribution in [2.75, 3.05) is 0 Å². The maximum absolute atomic E-state index is 4.58. The third-order valence-electron chi connectivity index (χ3n) is 2.91. The maximum Gasteiger partial charge on any atom is 0.0709 e. The second-order valence-corrected chi connectivity index (χ2v) is 5.01. The number of aromatic nitrogens is 1. The lowest BCUT2D eigenvalue weighted by atomic mass is 10.1. The van der Waals surface area contributed by atoms with E-state index in [9.17, 15) is 0 Å².